The summed E-state index contributed by atoms with van der Waals surface area (Å²) in [6.07, 6.45) is 0.777. The van der Waals surface area contributed by atoms with Gasteiger partial charge in [0.05, 0.1) is 19.3 Å². The van der Waals surface area contributed by atoms with Crippen molar-refractivity contribution >= 4 is 11.9 Å². The number of para-hydroxylation sites is 1. The minimum absolute atomic E-state index is 0.0383. The van der Waals surface area contributed by atoms with Crippen LogP contribution in [0.4, 0.5) is 0 Å². The summed E-state index contributed by atoms with van der Waals surface area (Å²) in [6, 6.07) is 12.2. The van der Waals surface area contributed by atoms with E-state index in [1.807, 2.05) is 6.92 Å². The lowest BCUT2D eigenvalue weighted by molar-refractivity contribution is 0.0501. The van der Waals surface area contributed by atoms with Crippen LogP contribution in [0.3, 0.4) is 0 Å². The van der Waals surface area contributed by atoms with Crippen molar-refractivity contribution in [2.75, 3.05) is 13.7 Å². The normalized spacial score (nSPS) is 9.42. The molecule has 6 nitrogen and oxygen atoms in total. The van der Waals surface area contributed by atoms with Gasteiger partial charge in [-0.25, -0.2) is 9.59 Å². The van der Waals surface area contributed by atoms with Gasteiger partial charge < -0.3 is 19.7 Å². The van der Waals surface area contributed by atoms with E-state index in [0.29, 0.717) is 12.2 Å². The molecule has 0 radical (unpaired) electrons. The fourth-order valence-corrected chi connectivity index (χ4v) is 1.63. The second kappa shape index (κ2) is 9.89. The number of phenolic OH excluding ortho intramolecular Hbond substituents is 2. The molecule has 128 valence electrons. The first-order valence-corrected chi connectivity index (χ1v) is 7.32. The van der Waals surface area contributed by atoms with Crippen LogP contribution in [-0.4, -0.2) is 35.9 Å². The zero-order valence-electron chi connectivity index (χ0n) is 13.6. The smallest absolute Gasteiger partial charge is 0.341 e. The number of hydrogen-bond donors (Lipinski definition) is 2. The minimum Gasteiger partial charge on any atom is -0.508 e. The molecule has 2 rings (SSSR count). The number of carbonyl (C=O) groups is 2. The second-order valence-electron chi connectivity index (χ2n) is 4.69. The van der Waals surface area contributed by atoms with E-state index in [2.05, 4.69) is 4.74 Å². The lowest BCUT2D eigenvalue weighted by atomic mass is 10.2. The second-order valence-corrected chi connectivity index (χ2v) is 4.69. The highest BCUT2D eigenvalue weighted by atomic mass is 16.5. The molecule has 2 N–H and O–H groups in total. The molecule has 0 atom stereocenters. The third kappa shape index (κ3) is 6.00. The Balaban J connectivity index is 0.000000243. The van der Waals surface area contributed by atoms with Crippen molar-refractivity contribution in [3.05, 3.63) is 59.7 Å². The van der Waals surface area contributed by atoms with Gasteiger partial charge in [-0.2, -0.15) is 0 Å². The highest BCUT2D eigenvalue weighted by Gasteiger charge is 2.10. The van der Waals surface area contributed by atoms with Crippen LogP contribution in [0.2, 0.25) is 0 Å². The number of aromatic hydroxyl groups is 2. The summed E-state index contributed by atoms with van der Waals surface area (Å²) in [5.41, 5.74) is 0.654. The van der Waals surface area contributed by atoms with E-state index < -0.39 is 11.9 Å². The minimum atomic E-state index is -0.472. The summed E-state index contributed by atoms with van der Waals surface area (Å²) in [4.78, 5) is 22.1. The molecule has 0 amide bonds. The number of rotatable bonds is 4. The third-order valence-electron chi connectivity index (χ3n) is 2.85. The van der Waals surface area contributed by atoms with Crippen molar-refractivity contribution in [1.29, 1.82) is 0 Å². The molecular weight excluding hydrogens is 312 g/mol. The van der Waals surface area contributed by atoms with E-state index in [9.17, 15) is 14.7 Å². The summed E-state index contributed by atoms with van der Waals surface area (Å²) < 4.78 is 9.31. The van der Waals surface area contributed by atoms with Crippen molar-refractivity contribution < 1.29 is 29.3 Å². The molecule has 0 aromatic heterocycles. The van der Waals surface area contributed by atoms with Crippen LogP contribution in [0.1, 0.15) is 34.1 Å². The van der Waals surface area contributed by atoms with Gasteiger partial charge in [-0.15, -0.1) is 0 Å². The van der Waals surface area contributed by atoms with Crippen LogP contribution >= 0.6 is 0 Å². The van der Waals surface area contributed by atoms with Crippen LogP contribution in [0.15, 0.2) is 48.5 Å². The fourth-order valence-electron chi connectivity index (χ4n) is 1.63. The zero-order chi connectivity index (χ0) is 17.9. The van der Waals surface area contributed by atoms with Gasteiger partial charge in [0.1, 0.15) is 17.1 Å². The highest BCUT2D eigenvalue weighted by Crippen LogP contribution is 2.16. The molecule has 2 aromatic carbocycles. The molecule has 0 unspecified atom stereocenters. The van der Waals surface area contributed by atoms with Gasteiger partial charge in [0.25, 0.3) is 0 Å². The molecular formula is C18H20O6. The number of methoxy groups -OCH3 is 1. The fraction of sp³-hybridized carbons (Fsp3) is 0.222. The van der Waals surface area contributed by atoms with Gasteiger partial charge in [-0.1, -0.05) is 19.1 Å². The zero-order valence-corrected chi connectivity index (χ0v) is 13.6. The molecule has 0 saturated carbocycles. The van der Waals surface area contributed by atoms with Gasteiger partial charge in [0, 0.05) is 0 Å². The summed E-state index contributed by atoms with van der Waals surface area (Å²) in [7, 11) is 1.31. The molecule has 6 heteroatoms. The molecule has 0 aliphatic rings. The largest absolute Gasteiger partial charge is 0.508 e. The number of ether oxygens (including phenoxy) is 2. The summed E-state index contributed by atoms with van der Waals surface area (Å²) in [5.74, 6) is -0.772. The van der Waals surface area contributed by atoms with E-state index >= 15 is 0 Å². The maximum absolute atomic E-state index is 11.2. The van der Waals surface area contributed by atoms with Crippen molar-refractivity contribution in [3.63, 3.8) is 0 Å². The Morgan fingerprint density at radius 1 is 0.958 bits per heavy atom. The maximum atomic E-state index is 11.2. The monoisotopic (exact) mass is 332 g/mol. The highest BCUT2D eigenvalue weighted by molar-refractivity contribution is 5.92. The van der Waals surface area contributed by atoms with Gasteiger partial charge in [0.15, 0.2) is 0 Å². The van der Waals surface area contributed by atoms with Crippen molar-refractivity contribution in [1.82, 2.24) is 0 Å². The first-order valence-electron chi connectivity index (χ1n) is 7.32. The predicted molar refractivity (Wildman–Crippen MR) is 88.1 cm³/mol. The lowest BCUT2D eigenvalue weighted by Gasteiger charge is -2.03. The first-order chi connectivity index (χ1) is 11.5. The SMILES string of the molecule is CCCOC(=O)c1ccccc1O.COC(=O)c1ccc(O)cc1. The van der Waals surface area contributed by atoms with Crippen molar-refractivity contribution in [2.45, 2.75) is 13.3 Å². The Hall–Kier alpha value is -3.02. The summed E-state index contributed by atoms with van der Waals surface area (Å²) in [5, 5.41) is 18.1. The third-order valence-corrected chi connectivity index (χ3v) is 2.85. The van der Waals surface area contributed by atoms with Gasteiger partial charge in [-0.05, 0) is 42.8 Å². The average molecular weight is 332 g/mol. The Bertz CT molecular complexity index is 663. The van der Waals surface area contributed by atoms with Crippen LogP contribution in [0.25, 0.3) is 0 Å². The molecule has 24 heavy (non-hydrogen) atoms. The Labute approximate surface area is 140 Å². The lowest BCUT2D eigenvalue weighted by Crippen LogP contribution is -2.05. The molecule has 0 saturated heterocycles. The number of carbonyl (C=O) groups excluding carboxylic acids is 2. The van der Waals surface area contributed by atoms with E-state index in [-0.39, 0.29) is 17.1 Å². The average Bonchev–Trinajstić information content (AvgIpc) is 2.60. The van der Waals surface area contributed by atoms with E-state index in [4.69, 9.17) is 9.84 Å². The molecule has 2 aromatic rings. The predicted octanol–water partition coefficient (Wildman–Crippen LogP) is 3.14. The first kappa shape index (κ1) is 19.0. The Morgan fingerprint density at radius 3 is 2.12 bits per heavy atom. The van der Waals surface area contributed by atoms with Crippen molar-refractivity contribution in [3.8, 4) is 11.5 Å². The van der Waals surface area contributed by atoms with Crippen molar-refractivity contribution in [2.24, 2.45) is 0 Å². The summed E-state index contributed by atoms with van der Waals surface area (Å²) >= 11 is 0. The molecule has 0 bridgehead atoms. The molecule has 0 heterocycles. The number of phenols is 2. The maximum Gasteiger partial charge on any atom is 0.341 e. The van der Waals surface area contributed by atoms with Crippen LogP contribution in [0.5, 0.6) is 11.5 Å². The van der Waals surface area contributed by atoms with Gasteiger partial charge in [-0.3, -0.25) is 0 Å². The molecule has 0 spiro atoms. The Kier molecular flexibility index (Phi) is 7.84. The van der Waals surface area contributed by atoms with Crippen LogP contribution < -0.4 is 0 Å². The number of hydrogen-bond acceptors (Lipinski definition) is 6. The molecule has 0 aliphatic heterocycles. The number of esters is 2. The standard InChI is InChI=1S/C10H12O3.C8H8O3/c1-2-7-13-10(12)8-5-3-4-6-9(8)11;1-11-8(10)6-2-4-7(9)5-3-6/h3-6,11H,2,7H2,1H3;2-5,9H,1H3. The van der Waals surface area contributed by atoms with E-state index in [1.165, 1.54) is 43.5 Å². The molecule has 0 aliphatic carbocycles. The van der Waals surface area contributed by atoms with E-state index in [1.54, 1.807) is 12.1 Å². The van der Waals surface area contributed by atoms with E-state index in [0.717, 1.165) is 6.42 Å². The van der Waals surface area contributed by atoms with Crippen LogP contribution in [-0.2, 0) is 9.47 Å². The quantitative estimate of drug-likeness (QED) is 0.836. The van der Waals surface area contributed by atoms with Gasteiger partial charge in [0.2, 0.25) is 0 Å². The summed E-state index contributed by atoms with van der Waals surface area (Å²) in [6.45, 7) is 2.30. The van der Waals surface area contributed by atoms with Gasteiger partial charge >= 0.3 is 11.9 Å². The molecule has 0 fully saturated rings. The Morgan fingerprint density at radius 2 is 1.58 bits per heavy atom. The topological polar surface area (TPSA) is 93.1 Å². The van der Waals surface area contributed by atoms with Crippen LogP contribution in [0, 0.1) is 0 Å². The number of benzene rings is 2.